The standard InChI is InChI=1S/C29H44N4/c1-21(2)14-16-33(17-15-26-10-8-22(3)9-11-26)29-13-12-27(18-28(29)31-7)25(6)32-20-24(5)23(4)19-30/h8-13,18,21,23-24,32H,6-7,14-17,19-20,30H2,1-5H3. The van der Waals surface area contributed by atoms with Gasteiger partial charge < -0.3 is 16.0 Å². The molecule has 0 amide bonds. The second-order valence-electron chi connectivity index (χ2n) is 9.82. The summed E-state index contributed by atoms with van der Waals surface area (Å²) in [5.74, 6) is 1.60. The highest BCUT2D eigenvalue weighted by Gasteiger charge is 2.15. The molecule has 4 heteroatoms. The van der Waals surface area contributed by atoms with Crippen LogP contribution in [0.15, 0.2) is 54.0 Å². The lowest BCUT2D eigenvalue weighted by atomic mass is 9.96. The molecular formula is C29H44N4. The minimum Gasteiger partial charge on any atom is -0.385 e. The summed E-state index contributed by atoms with van der Waals surface area (Å²) in [5.41, 5.74) is 12.5. The molecule has 0 saturated heterocycles. The lowest BCUT2D eigenvalue weighted by molar-refractivity contribution is 0.391. The van der Waals surface area contributed by atoms with Crippen LogP contribution in [-0.4, -0.2) is 32.9 Å². The van der Waals surface area contributed by atoms with Gasteiger partial charge in [0.15, 0.2) is 0 Å². The average molecular weight is 449 g/mol. The SMILES string of the molecule is C=Nc1cc(C(=C)NCC(C)C(C)CN)ccc1N(CCc1ccc(C)cc1)CCC(C)C. The Kier molecular flexibility index (Phi) is 10.7. The van der Waals surface area contributed by atoms with E-state index in [2.05, 4.69) is 106 Å². The Morgan fingerprint density at radius 1 is 1.03 bits per heavy atom. The number of nitrogens with zero attached hydrogens (tertiary/aromatic N) is 2. The van der Waals surface area contributed by atoms with Gasteiger partial charge in [-0.3, -0.25) is 4.99 Å². The molecule has 0 saturated carbocycles. The molecule has 0 aromatic heterocycles. The van der Waals surface area contributed by atoms with Crippen LogP contribution in [0.2, 0.25) is 0 Å². The fourth-order valence-corrected chi connectivity index (χ4v) is 3.71. The molecule has 0 spiro atoms. The molecule has 2 unspecified atom stereocenters. The Hall–Kier alpha value is -2.59. The number of aryl methyl sites for hydroxylation is 1. The molecule has 180 valence electrons. The fourth-order valence-electron chi connectivity index (χ4n) is 3.71. The number of nitrogens with one attached hydrogen (secondary N) is 1. The van der Waals surface area contributed by atoms with Crippen LogP contribution < -0.4 is 16.0 Å². The Morgan fingerprint density at radius 3 is 2.33 bits per heavy atom. The van der Waals surface area contributed by atoms with Crippen LogP contribution in [-0.2, 0) is 6.42 Å². The van der Waals surface area contributed by atoms with E-state index in [-0.39, 0.29) is 0 Å². The second-order valence-corrected chi connectivity index (χ2v) is 9.82. The van der Waals surface area contributed by atoms with Crippen LogP contribution in [0.5, 0.6) is 0 Å². The number of aliphatic imine (C=N–C) groups is 1. The molecule has 3 N–H and O–H groups in total. The van der Waals surface area contributed by atoms with E-state index in [1.54, 1.807) is 0 Å². The zero-order valence-corrected chi connectivity index (χ0v) is 21.4. The van der Waals surface area contributed by atoms with Crippen molar-refractivity contribution in [3.05, 3.63) is 65.7 Å². The van der Waals surface area contributed by atoms with Gasteiger partial charge in [-0.25, -0.2) is 0 Å². The first kappa shape index (κ1) is 26.7. The molecule has 0 radical (unpaired) electrons. The molecule has 0 fully saturated rings. The molecule has 2 rings (SSSR count). The third-order valence-electron chi connectivity index (χ3n) is 6.58. The van der Waals surface area contributed by atoms with E-state index in [0.29, 0.717) is 24.3 Å². The van der Waals surface area contributed by atoms with Gasteiger partial charge in [0.2, 0.25) is 0 Å². The van der Waals surface area contributed by atoms with Gasteiger partial charge in [0.1, 0.15) is 0 Å². The van der Waals surface area contributed by atoms with Gasteiger partial charge in [0.05, 0.1) is 11.4 Å². The maximum absolute atomic E-state index is 5.81. The van der Waals surface area contributed by atoms with E-state index in [1.807, 2.05) is 0 Å². The van der Waals surface area contributed by atoms with Gasteiger partial charge in [-0.05, 0) is 74.0 Å². The molecule has 0 aliphatic rings. The Bertz CT molecular complexity index is 885. The van der Waals surface area contributed by atoms with Crippen molar-refractivity contribution in [2.45, 2.75) is 47.5 Å². The van der Waals surface area contributed by atoms with Crippen LogP contribution in [0.25, 0.3) is 5.70 Å². The first-order valence-corrected chi connectivity index (χ1v) is 12.3. The van der Waals surface area contributed by atoms with Crippen molar-refractivity contribution in [1.82, 2.24) is 5.32 Å². The third kappa shape index (κ3) is 8.36. The van der Waals surface area contributed by atoms with Gasteiger partial charge in [0, 0.05) is 25.3 Å². The van der Waals surface area contributed by atoms with E-state index in [0.717, 1.165) is 55.1 Å². The first-order chi connectivity index (χ1) is 15.7. The van der Waals surface area contributed by atoms with Gasteiger partial charge in [-0.15, -0.1) is 0 Å². The Labute approximate surface area is 202 Å². The third-order valence-corrected chi connectivity index (χ3v) is 6.58. The molecule has 2 atom stereocenters. The molecule has 0 bridgehead atoms. The number of benzene rings is 2. The number of hydrogen-bond donors (Lipinski definition) is 2. The van der Waals surface area contributed by atoms with Crippen molar-refractivity contribution < 1.29 is 0 Å². The van der Waals surface area contributed by atoms with Crippen LogP contribution in [0, 0.1) is 24.7 Å². The quantitative estimate of drug-likeness (QED) is 0.338. The molecule has 0 aliphatic carbocycles. The molecule has 2 aromatic carbocycles. The zero-order valence-electron chi connectivity index (χ0n) is 21.4. The van der Waals surface area contributed by atoms with Gasteiger partial charge in [-0.1, -0.05) is 70.2 Å². The lowest BCUT2D eigenvalue weighted by Gasteiger charge is -2.28. The van der Waals surface area contributed by atoms with Gasteiger partial charge in [-0.2, -0.15) is 0 Å². The molecule has 0 aliphatic heterocycles. The Balaban J connectivity index is 2.17. The first-order valence-electron chi connectivity index (χ1n) is 12.3. The summed E-state index contributed by atoms with van der Waals surface area (Å²) < 4.78 is 0. The van der Waals surface area contributed by atoms with Crippen LogP contribution >= 0.6 is 0 Å². The number of hydrogen-bond acceptors (Lipinski definition) is 4. The molecular weight excluding hydrogens is 404 g/mol. The van der Waals surface area contributed by atoms with Crippen LogP contribution in [0.3, 0.4) is 0 Å². The highest BCUT2D eigenvalue weighted by Crippen LogP contribution is 2.32. The lowest BCUT2D eigenvalue weighted by Crippen LogP contribution is -2.28. The Morgan fingerprint density at radius 2 is 1.73 bits per heavy atom. The summed E-state index contributed by atoms with van der Waals surface area (Å²) in [4.78, 5) is 6.84. The van der Waals surface area contributed by atoms with E-state index in [9.17, 15) is 0 Å². The maximum atomic E-state index is 5.81. The highest BCUT2D eigenvalue weighted by molar-refractivity contribution is 5.75. The summed E-state index contributed by atoms with van der Waals surface area (Å²) in [6, 6.07) is 15.3. The van der Waals surface area contributed by atoms with Crippen LogP contribution in [0.4, 0.5) is 11.4 Å². The number of anilines is 1. The highest BCUT2D eigenvalue weighted by atomic mass is 15.1. The number of rotatable bonds is 14. The van der Waals surface area contributed by atoms with E-state index in [4.69, 9.17) is 5.73 Å². The summed E-state index contributed by atoms with van der Waals surface area (Å²) >= 11 is 0. The molecule has 33 heavy (non-hydrogen) atoms. The van der Waals surface area contributed by atoms with Crippen molar-refractivity contribution in [2.24, 2.45) is 28.5 Å². The summed E-state index contributed by atoms with van der Waals surface area (Å²) in [6.07, 6.45) is 2.14. The predicted octanol–water partition coefficient (Wildman–Crippen LogP) is 6.21. The van der Waals surface area contributed by atoms with Crippen molar-refractivity contribution in [3.63, 3.8) is 0 Å². The second kappa shape index (κ2) is 13.2. The summed E-state index contributed by atoms with van der Waals surface area (Å²) in [5, 5.41) is 3.48. The normalized spacial score (nSPS) is 12.9. The molecule has 4 nitrogen and oxygen atoms in total. The average Bonchev–Trinajstić information content (AvgIpc) is 2.82. The van der Waals surface area contributed by atoms with Gasteiger partial charge in [0.25, 0.3) is 0 Å². The van der Waals surface area contributed by atoms with Crippen molar-refractivity contribution in [3.8, 4) is 0 Å². The summed E-state index contributed by atoms with van der Waals surface area (Å²) in [7, 11) is 0. The molecule has 0 heterocycles. The van der Waals surface area contributed by atoms with Gasteiger partial charge >= 0.3 is 0 Å². The zero-order chi connectivity index (χ0) is 24.4. The van der Waals surface area contributed by atoms with Crippen molar-refractivity contribution in [2.75, 3.05) is 31.1 Å². The van der Waals surface area contributed by atoms with Crippen LogP contribution in [0.1, 0.15) is 50.8 Å². The minimum atomic E-state index is 0.473. The van der Waals surface area contributed by atoms with E-state index < -0.39 is 0 Å². The predicted molar refractivity (Wildman–Crippen MR) is 147 cm³/mol. The van der Waals surface area contributed by atoms with Crippen molar-refractivity contribution in [1.29, 1.82) is 0 Å². The topological polar surface area (TPSA) is 53.6 Å². The minimum absolute atomic E-state index is 0.473. The largest absolute Gasteiger partial charge is 0.385 e. The smallest absolute Gasteiger partial charge is 0.0862 e. The van der Waals surface area contributed by atoms with E-state index in [1.165, 1.54) is 11.1 Å². The fraction of sp³-hybridized carbons (Fsp3) is 0.483. The monoisotopic (exact) mass is 448 g/mol. The van der Waals surface area contributed by atoms with E-state index >= 15 is 0 Å². The molecule has 2 aromatic rings. The maximum Gasteiger partial charge on any atom is 0.0862 e. The number of nitrogens with two attached hydrogens (primary N) is 1. The summed E-state index contributed by atoms with van der Waals surface area (Å²) in [6.45, 7) is 22.7. The van der Waals surface area contributed by atoms with Crippen molar-refractivity contribution >= 4 is 23.8 Å².